The molecule has 1 aliphatic carbocycles. The monoisotopic (exact) mass is 266 g/mol. The molecule has 0 radical (unpaired) electrons. The van der Waals surface area contributed by atoms with Crippen molar-refractivity contribution in [3.63, 3.8) is 0 Å². The molecule has 0 saturated heterocycles. The summed E-state index contributed by atoms with van der Waals surface area (Å²) in [5.74, 6) is -1.07. The van der Waals surface area contributed by atoms with Gasteiger partial charge in [-0.1, -0.05) is 38.2 Å². The van der Waals surface area contributed by atoms with Crippen LogP contribution in [0, 0.1) is 11.3 Å². The van der Waals surface area contributed by atoms with Crippen LogP contribution in [0.4, 0.5) is 0 Å². The summed E-state index contributed by atoms with van der Waals surface area (Å²) in [6.45, 7) is 4.14. The van der Waals surface area contributed by atoms with Gasteiger partial charge in [0.15, 0.2) is 0 Å². The third-order valence-electron chi connectivity index (χ3n) is 3.99. The van der Waals surface area contributed by atoms with Crippen LogP contribution in [-0.4, -0.2) is 24.3 Å². The molecule has 3 nitrogen and oxygen atoms in total. The summed E-state index contributed by atoms with van der Waals surface area (Å²) in [5, 5.41) is 9.11. The van der Waals surface area contributed by atoms with Gasteiger partial charge < -0.3 is 9.84 Å². The molecule has 108 valence electrons. The Kier molecular flexibility index (Phi) is 6.29. The van der Waals surface area contributed by atoms with Crippen molar-refractivity contribution >= 4 is 5.97 Å². The Labute approximate surface area is 116 Å². The normalized spacial score (nSPS) is 30.3. The van der Waals surface area contributed by atoms with Gasteiger partial charge in [-0.05, 0) is 32.1 Å². The highest BCUT2D eigenvalue weighted by molar-refractivity contribution is 5.76. The van der Waals surface area contributed by atoms with E-state index in [2.05, 4.69) is 31.2 Å². The molecule has 0 aromatic rings. The van der Waals surface area contributed by atoms with Crippen molar-refractivity contribution in [3.8, 4) is 0 Å². The minimum Gasteiger partial charge on any atom is -0.481 e. The van der Waals surface area contributed by atoms with Crippen LogP contribution >= 0.6 is 0 Å². The highest BCUT2D eigenvalue weighted by Gasteiger charge is 2.65. The van der Waals surface area contributed by atoms with Crippen LogP contribution in [0.15, 0.2) is 24.3 Å². The van der Waals surface area contributed by atoms with Gasteiger partial charge in [0.2, 0.25) is 0 Å². The van der Waals surface area contributed by atoms with Crippen molar-refractivity contribution < 1.29 is 14.6 Å². The van der Waals surface area contributed by atoms with Crippen molar-refractivity contribution in [2.45, 2.75) is 52.1 Å². The van der Waals surface area contributed by atoms with Gasteiger partial charge in [0.1, 0.15) is 0 Å². The number of hydrogen-bond acceptors (Lipinski definition) is 2. The molecule has 1 aliphatic rings. The maximum atomic E-state index is 11.1. The lowest BCUT2D eigenvalue weighted by atomic mass is 9.99. The molecule has 0 bridgehead atoms. The average Bonchev–Trinajstić information content (AvgIpc) is 2.98. The minimum absolute atomic E-state index is 0.120. The molecule has 1 fully saturated rings. The molecule has 19 heavy (non-hydrogen) atoms. The van der Waals surface area contributed by atoms with Gasteiger partial charge in [-0.3, -0.25) is 4.79 Å². The molecule has 0 amide bonds. The number of aliphatic carboxylic acids is 1. The van der Waals surface area contributed by atoms with E-state index < -0.39 is 5.97 Å². The van der Waals surface area contributed by atoms with Gasteiger partial charge in [0.25, 0.3) is 0 Å². The van der Waals surface area contributed by atoms with Gasteiger partial charge in [-0.2, -0.15) is 0 Å². The molecule has 1 N–H and O–H groups in total. The van der Waals surface area contributed by atoms with Crippen LogP contribution in [0.5, 0.6) is 0 Å². The van der Waals surface area contributed by atoms with E-state index in [9.17, 15) is 4.79 Å². The molecule has 0 aromatic heterocycles. The summed E-state index contributed by atoms with van der Waals surface area (Å²) in [7, 11) is 1.60. The zero-order valence-corrected chi connectivity index (χ0v) is 12.3. The topological polar surface area (TPSA) is 46.5 Å². The molecule has 0 aliphatic heterocycles. The summed E-state index contributed by atoms with van der Waals surface area (Å²) in [6, 6.07) is 0. The Balaban J connectivity index is 2.24. The maximum Gasteiger partial charge on any atom is 0.309 e. The van der Waals surface area contributed by atoms with Gasteiger partial charge in [0.05, 0.1) is 12.0 Å². The number of hydrogen-bond donors (Lipinski definition) is 1. The largest absolute Gasteiger partial charge is 0.481 e. The molecule has 3 unspecified atom stereocenters. The fourth-order valence-electron chi connectivity index (χ4n) is 2.74. The first-order chi connectivity index (χ1) is 9.07. The summed E-state index contributed by atoms with van der Waals surface area (Å²) in [6.07, 6.45) is 13.7. The standard InChI is InChI=1S/C16H26O3/c1-4-5-6-7-8-9-10-11-12-16(2)13(15(17)18)14(16)19-3/h5-6,9-10,13-14H,4,7-8,11-12H2,1-3H3,(H,17,18). The van der Waals surface area contributed by atoms with Crippen LogP contribution in [-0.2, 0) is 9.53 Å². The first-order valence-corrected chi connectivity index (χ1v) is 7.13. The van der Waals surface area contributed by atoms with Crippen molar-refractivity contribution in [3.05, 3.63) is 24.3 Å². The lowest BCUT2D eigenvalue weighted by Gasteiger charge is -2.07. The number of methoxy groups -OCH3 is 1. The zero-order chi connectivity index (χ0) is 14.3. The summed E-state index contributed by atoms with van der Waals surface area (Å²) in [5.41, 5.74) is -0.187. The van der Waals surface area contributed by atoms with E-state index >= 15 is 0 Å². The number of ether oxygens (including phenoxy) is 1. The highest BCUT2D eigenvalue weighted by atomic mass is 16.5. The Morgan fingerprint density at radius 2 is 1.79 bits per heavy atom. The minimum atomic E-state index is -0.733. The number of carbonyl (C=O) groups is 1. The SMILES string of the molecule is CCC=CCCC=CCCC1(C)C(OC)C1C(=O)O. The van der Waals surface area contributed by atoms with Gasteiger partial charge >= 0.3 is 5.97 Å². The number of allylic oxidation sites excluding steroid dienone is 4. The average molecular weight is 266 g/mol. The van der Waals surface area contributed by atoms with E-state index in [1.165, 1.54) is 0 Å². The van der Waals surface area contributed by atoms with Gasteiger partial charge in [0, 0.05) is 12.5 Å². The Morgan fingerprint density at radius 1 is 1.21 bits per heavy atom. The van der Waals surface area contributed by atoms with Crippen LogP contribution in [0.1, 0.15) is 46.0 Å². The van der Waals surface area contributed by atoms with E-state index in [1.807, 2.05) is 6.92 Å². The molecule has 3 atom stereocenters. The maximum absolute atomic E-state index is 11.1. The Morgan fingerprint density at radius 3 is 2.26 bits per heavy atom. The van der Waals surface area contributed by atoms with E-state index in [0.717, 1.165) is 32.1 Å². The molecule has 0 heterocycles. The van der Waals surface area contributed by atoms with E-state index in [-0.39, 0.29) is 17.4 Å². The molecule has 0 spiro atoms. The summed E-state index contributed by atoms with van der Waals surface area (Å²) >= 11 is 0. The van der Waals surface area contributed by atoms with Crippen molar-refractivity contribution in [1.29, 1.82) is 0 Å². The predicted molar refractivity (Wildman–Crippen MR) is 77.1 cm³/mol. The first kappa shape index (κ1) is 16.0. The van der Waals surface area contributed by atoms with Crippen LogP contribution in [0.25, 0.3) is 0 Å². The zero-order valence-electron chi connectivity index (χ0n) is 12.3. The van der Waals surface area contributed by atoms with Crippen LogP contribution < -0.4 is 0 Å². The number of unbranched alkanes of at least 4 members (excludes halogenated alkanes) is 1. The van der Waals surface area contributed by atoms with Crippen LogP contribution in [0.2, 0.25) is 0 Å². The van der Waals surface area contributed by atoms with Crippen LogP contribution in [0.3, 0.4) is 0 Å². The third kappa shape index (κ3) is 4.20. The van der Waals surface area contributed by atoms with E-state index in [1.54, 1.807) is 7.11 Å². The summed E-state index contributed by atoms with van der Waals surface area (Å²) in [4.78, 5) is 11.1. The van der Waals surface area contributed by atoms with Crippen molar-refractivity contribution in [1.82, 2.24) is 0 Å². The van der Waals surface area contributed by atoms with E-state index in [4.69, 9.17) is 9.84 Å². The molecular weight excluding hydrogens is 240 g/mol. The van der Waals surface area contributed by atoms with E-state index in [0.29, 0.717) is 0 Å². The molecule has 0 aromatic carbocycles. The Hall–Kier alpha value is -1.09. The molecule has 1 rings (SSSR count). The molecular formula is C16H26O3. The van der Waals surface area contributed by atoms with Gasteiger partial charge in [-0.15, -0.1) is 0 Å². The second kappa shape index (κ2) is 7.49. The molecule has 1 saturated carbocycles. The number of carboxylic acids is 1. The van der Waals surface area contributed by atoms with Gasteiger partial charge in [-0.25, -0.2) is 0 Å². The predicted octanol–water partition coefficient (Wildman–Crippen LogP) is 3.80. The first-order valence-electron chi connectivity index (χ1n) is 7.13. The Bertz CT molecular complexity index is 346. The number of carboxylic acid groups (broad SMARTS) is 1. The third-order valence-corrected chi connectivity index (χ3v) is 3.99. The molecule has 3 heteroatoms. The second-order valence-electron chi connectivity index (χ2n) is 5.45. The summed E-state index contributed by atoms with van der Waals surface area (Å²) < 4.78 is 5.26. The lowest BCUT2D eigenvalue weighted by Crippen LogP contribution is -2.06. The van der Waals surface area contributed by atoms with Crippen molar-refractivity contribution in [2.24, 2.45) is 11.3 Å². The van der Waals surface area contributed by atoms with Crippen molar-refractivity contribution in [2.75, 3.05) is 7.11 Å². The fourth-order valence-corrected chi connectivity index (χ4v) is 2.74. The number of rotatable bonds is 9. The highest BCUT2D eigenvalue weighted by Crippen LogP contribution is 2.57. The lowest BCUT2D eigenvalue weighted by molar-refractivity contribution is -0.140. The quantitative estimate of drug-likeness (QED) is 0.510. The fraction of sp³-hybridized carbons (Fsp3) is 0.688. The second-order valence-corrected chi connectivity index (χ2v) is 5.45. The smallest absolute Gasteiger partial charge is 0.309 e.